The Morgan fingerprint density at radius 1 is 1.35 bits per heavy atom. The summed E-state index contributed by atoms with van der Waals surface area (Å²) in [6, 6.07) is 7.51. The van der Waals surface area contributed by atoms with E-state index < -0.39 is 0 Å². The van der Waals surface area contributed by atoms with Crippen molar-refractivity contribution in [3.8, 4) is 0 Å². The van der Waals surface area contributed by atoms with Gasteiger partial charge in [-0.1, -0.05) is 12.1 Å². The Hall–Kier alpha value is -1.55. The van der Waals surface area contributed by atoms with Crippen molar-refractivity contribution in [1.29, 1.82) is 0 Å². The third kappa shape index (κ3) is 4.87. The topological polar surface area (TPSA) is 61.5 Å². The molecule has 0 aliphatic carbocycles. The molecule has 1 aromatic rings. The quantitative estimate of drug-likeness (QED) is 0.609. The molecular weight excluding hydrogens is 218 g/mol. The molecule has 1 rings (SSSR count). The Morgan fingerprint density at radius 2 is 2.00 bits per heavy atom. The number of anilines is 1. The van der Waals surface area contributed by atoms with Crippen LogP contribution in [0.3, 0.4) is 0 Å². The number of rotatable bonds is 6. The van der Waals surface area contributed by atoms with Crippen molar-refractivity contribution in [1.82, 2.24) is 0 Å². The van der Waals surface area contributed by atoms with Crippen LogP contribution in [0, 0.1) is 0 Å². The van der Waals surface area contributed by atoms with Gasteiger partial charge in [-0.05, 0) is 31.5 Å². The Labute approximate surface area is 102 Å². The van der Waals surface area contributed by atoms with E-state index in [1.807, 2.05) is 31.2 Å². The first kappa shape index (κ1) is 13.5. The van der Waals surface area contributed by atoms with Gasteiger partial charge in [0.1, 0.15) is 0 Å². The molecule has 0 amide bonds. The van der Waals surface area contributed by atoms with Gasteiger partial charge < -0.3 is 15.2 Å². The maximum absolute atomic E-state index is 11.1. The second-order valence-electron chi connectivity index (χ2n) is 3.73. The second kappa shape index (κ2) is 6.91. The number of carbonyl (C=O) groups excluding carboxylic acids is 1. The summed E-state index contributed by atoms with van der Waals surface area (Å²) in [5, 5.41) is 0. The SMILES string of the molecule is CCOC(=O)CCOC(C)c1ccc(N)cc1. The summed E-state index contributed by atoms with van der Waals surface area (Å²) in [5.74, 6) is -0.225. The summed E-state index contributed by atoms with van der Waals surface area (Å²) in [6.07, 6.45) is 0.234. The van der Waals surface area contributed by atoms with Crippen LogP contribution >= 0.6 is 0 Å². The van der Waals surface area contributed by atoms with E-state index in [4.69, 9.17) is 15.2 Å². The number of benzene rings is 1. The zero-order valence-electron chi connectivity index (χ0n) is 10.3. The molecule has 4 nitrogen and oxygen atoms in total. The van der Waals surface area contributed by atoms with Gasteiger partial charge in [-0.15, -0.1) is 0 Å². The molecule has 0 radical (unpaired) electrons. The van der Waals surface area contributed by atoms with E-state index in [2.05, 4.69) is 0 Å². The third-order valence-corrected chi connectivity index (χ3v) is 2.39. The lowest BCUT2D eigenvalue weighted by Gasteiger charge is -2.13. The summed E-state index contributed by atoms with van der Waals surface area (Å²) in [6.45, 7) is 4.50. The Bertz CT molecular complexity index is 348. The van der Waals surface area contributed by atoms with E-state index in [1.54, 1.807) is 6.92 Å². The van der Waals surface area contributed by atoms with Crippen LogP contribution < -0.4 is 5.73 Å². The average Bonchev–Trinajstić information content (AvgIpc) is 2.30. The predicted octanol–water partition coefficient (Wildman–Crippen LogP) is 2.30. The van der Waals surface area contributed by atoms with E-state index in [9.17, 15) is 4.79 Å². The van der Waals surface area contributed by atoms with Crippen LogP contribution in [0.25, 0.3) is 0 Å². The monoisotopic (exact) mass is 237 g/mol. The van der Waals surface area contributed by atoms with E-state index in [0.29, 0.717) is 13.2 Å². The van der Waals surface area contributed by atoms with Crippen molar-refractivity contribution in [2.45, 2.75) is 26.4 Å². The second-order valence-corrected chi connectivity index (χ2v) is 3.73. The summed E-state index contributed by atoms with van der Waals surface area (Å²) < 4.78 is 10.4. The molecule has 0 spiro atoms. The van der Waals surface area contributed by atoms with Crippen molar-refractivity contribution in [2.75, 3.05) is 18.9 Å². The zero-order valence-corrected chi connectivity index (χ0v) is 10.3. The lowest BCUT2D eigenvalue weighted by atomic mass is 10.1. The van der Waals surface area contributed by atoms with Crippen LogP contribution in [0.2, 0.25) is 0 Å². The lowest BCUT2D eigenvalue weighted by molar-refractivity contribution is -0.144. The third-order valence-electron chi connectivity index (χ3n) is 2.39. The molecule has 4 heteroatoms. The molecule has 0 bridgehead atoms. The maximum Gasteiger partial charge on any atom is 0.308 e. The number of nitrogens with two attached hydrogens (primary N) is 1. The highest BCUT2D eigenvalue weighted by Gasteiger charge is 2.07. The molecule has 0 aliphatic rings. The van der Waals surface area contributed by atoms with Gasteiger partial charge in [0.2, 0.25) is 0 Å². The van der Waals surface area contributed by atoms with Crippen molar-refractivity contribution >= 4 is 11.7 Å². The van der Waals surface area contributed by atoms with Gasteiger partial charge >= 0.3 is 5.97 Å². The van der Waals surface area contributed by atoms with E-state index in [-0.39, 0.29) is 18.5 Å². The normalized spacial score (nSPS) is 12.1. The molecule has 1 aromatic carbocycles. The number of carbonyl (C=O) groups is 1. The highest BCUT2D eigenvalue weighted by atomic mass is 16.5. The van der Waals surface area contributed by atoms with Gasteiger partial charge in [0.05, 0.1) is 25.7 Å². The standard InChI is InChI=1S/C13H19NO3/c1-3-16-13(15)8-9-17-10(2)11-4-6-12(14)7-5-11/h4-7,10H,3,8-9,14H2,1-2H3. The van der Waals surface area contributed by atoms with Crippen molar-refractivity contribution < 1.29 is 14.3 Å². The molecule has 0 aromatic heterocycles. The highest BCUT2D eigenvalue weighted by Crippen LogP contribution is 2.18. The smallest absolute Gasteiger partial charge is 0.308 e. The first-order chi connectivity index (χ1) is 8.13. The van der Waals surface area contributed by atoms with Crippen LogP contribution in [0.4, 0.5) is 5.69 Å². The van der Waals surface area contributed by atoms with E-state index in [1.165, 1.54) is 0 Å². The fourth-order valence-corrected chi connectivity index (χ4v) is 1.42. The van der Waals surface area contributed by atoms with Crippen LogP contribution in [0.15, 0.2) is 24.3 Å². The molecular formula is C13H19NO3. The highest BCUT2D eigenvalue weighted by molar-refractivity contribution is 5.69. The summed E-state index contributed by atoms with van der Waals surface area (Å²) in [7, 11) is 0. The molecule has 1 unspecified atom stereocenters. The van der Waals surface area contributed by atoms with Gasteiger partial charge in [0, 0.05) is 5.69 Å². The molecule has 0 saturated heterocycles. The minimum atomic E-state index is -0.225. The fourth-order valence-electron chi connectivity index (χ4n) is 1.42. The van der Waals surface area contributed by atoms with Crippen LogP contribution in [0.1, 0.15) is 31.9 Å². The summed E-state index contributed by atoms with van der Waals surface area (Å²) >= 11 is 0. The zero-order chi connectivity index (χ0) is 12.7. The number of ether oxygens (including phenoxy) is 2. The van der Waals surface area contributed by atoms with Gasteiger partial charge in [0.15, 0.2) is 0 Å². The molecule has 1 atom stereocenters. The molecule has 2 N–H and O–H groups in total. The fraction of sp³-hybridized carbons (Fsp3) is 0.462. The van der Waals surface area contributed by atoms with Crippen LogP contribution in [-0.4, -0.2) is 19.2 Å². The maximum atomic E-state index is 11.1. The minimum Gasteiger partial charge on any atom is -0.466 e. The Kier molecular flexibility index (Phi) is 5.49. The van der Waals surface area contributed by atoms with Gasteiger partial charge in [-0.25, -0.2) is 0 Å². The van der Waals surface area contributed by atoms with Gasteiger partial charge in [-0.2, -0.15) is 0 Å². The van der Waals surface area contributed by atoms with Gasteiger partial charge in [0.25, 0.3) is 0 Å². The van der Waals surface area contributed by atoms with E-state index in [0.717, 1.165) is 11.3 Å². The first-order valence-electron chi connectivity index (χ1n) is 5.76. The first-order valence-corrected chi connectivity index (χ1v) is 5.76. The van der Waals surface area contributed by atoms with Crippen molar-refractivity contribution in [3.63, 3.8) is 0 Å². The summed E-state index contributed by atoms with van der Waals surface area (Å²) in [5.41, 5.74) is 7.37. The van der Waals surface area contributed by atoms with Crippen LogP contribution in [0.5, 0.6) is 0 Å². The molecule has 0 aliphatic heterocycles. The molecule has 0 saturated carbocycles. The molecule has 17 heavy (non-hydrogen) atoms. The lowest BCUT2D eigenvalue weighted by Crippen LogP contribution is -2.09. The number of esters is 1. The number of nitrogen functional groups attached to an aromatic ring is 1. The number of hydrogen-bond acceptors (Lipinski definition) is 4. The van der Waals surface area contributed by atoms with Crippen molar-refractivity contribution in [3.05, 3.63) is 29.8 Å². The molecule has 94 valence electrons. The summed E-state index contributed by atoms with van der Waals surface area (Å²) in [4.78, 5) is 11.1. The average molecular weight is 237 g/mol. The van der Waals surface area contributed by atoms with E-state index >= 15 is 0 Å². The number of hydrogen-bond donors (Lipinski definition) is 1. The predicted molar refractivity (Wildman–Crippen MR) is 66.5 cm³/mol. The minimum absolute atomic E-state index is 0.0509. The Morgan fingerprint density at radius 3 is 2.59 bits per heavy atom. The van der Waals surface area contributed by atoms with Gasteiger partial charge in [-0.3, -0.25) is 4.79 Å². The molecule has 0 heterocycles. The largest absolute Gasteiger partial charge is 0.466 e. The van der Waals surface area contributed by atoms with Crippen LogP contribution in [-0.2, 0) is 14.3 Å². The molecule has 0 fully saturated rings. The Balaban J connectivity index is 2.32. The van der Waals surface area contributed by atoms with Crippen molar-refractivity contribution in [2.24, 2.45) is 0 Å².